The van der Waals surface area contributed by atoms with Crippen LogP contribution in [0.25, 0.3) is 32.3 Å². The van der Waals surface area contributed by atoms with Crippen molar-refractivity contribution in [2.45, 2.75) is 78.6 Å². The molecule has 0 radical (unpaired) electrons. The average molecular weight is 630 g/mol. The number of phenolic OH excluding ortho intramolecular Hbond substituents is 1. The van der Waals surface area contributed by atoms with Crippen molar-refractivity contribution in [1.29, 1.82) is 0 Å². The number of esters is 2. The van der Waals surface area contributed by atoms with Gasteiger partial charge >= 0.3 is 17.9 Å². The molecule has 0 aliphatic carbocycles. The number of phenols is 1. The van der Waals surface area contributed by atoms with Crippen LogP contribution in [0.1, 0.15) is 78.9 Å². The number of carboxylic acids is 1. The summed E-state index contributed by atoms with van der Waals surface area (Å²) in [4.78, 5) is 40.7. The van der Waals surface area contributed by atoms with E-state index in [9.17, 15) is 19.5 Å². The van der Waals surface area contributed by atoms with E-state index in [2.05, 4.69) is 41.5 Å². The number of aromatic nitrogens is 1. The van der Waals surface area contributed by atoms with Crippen molar-refractivity contribution in [3.05, 3.63) is 71.8 Å². The predicted molar refractivity (Wildman–Crippen MR) is 176 cm³/mol. The summed E-state index contributed by atoms with van der Waals surface area (Å²) in [7, 11) is 0. The van der Waals surface area contributed by atoms with Crippen LogP contribution < -0.4 is 9.47 Å². The Balaban J connectivity index is 1.82. The lowest BCUT2D eigenvalue weighted by Gasteiger charge is -2.28. The molecule has 0 atom stereocenters. The van der Waals surface area contributed by atoms with Crippen LogP contribution >= 0.6 is 11.3 Å². The number of thiazole rings is 1. The lowest BCUT2D eigenvalue weighted by Crippen LogP contribution is -2.17. The second-order valence-electron chi connectivity index (χ2n) is 12.9. The molecule has 0 aliphatic heterocycles. The van der Waals surface area contributed by atoms with Crippen molar-refractivity contribution in [3.8, 4) is 49.5 Å². The Kier molecular flexibility index (Phi) is 9.83. The molecule has 4 aromatic rings. The van der Waals surface area contributed by atoms with E-state index in [1.807, 2.05) is 24.3 Å². The maximum atomic E-state index is 12.1. The van der Waals surface area contributed by atoms with Gasteiger partial charge in [0, 0.05) is 28.7 Å². The lowest BCUT2D eigenvalue weighted by molar-refractivity contribution is -0.142. The molecule has 45 heavy (non-hydrogen) atoms. The molecule has 1 heterocycles. The third-order valence-electron chi connectivity index (χ3n) is 7.14. The standard InChI is InChI=1S/C36H39NO7S/c1-8-29(40)43-24-15-11-22(12-16-24)33-31(21-9-13-25(14-10-21)44-30(41)18-17-28(38)39)37-34(45-33)23-19-26(35(2,3)4)32(42)27(20-23)36(5,6)7/h9-16,19-20,42H,8,17-18H2,1-7H3,(H,38,39). The summed E-state index contributed by atoms with van der Waals surface area (Å²) in [5.74, 6) is -0.957. The largest absolute Gasteiger partial charge is 0.507 e. The third kappa shape index (κ3) is 8.16. The highest BCUT2D eigenvalue weighted by Crippen LogP contribution is 2.46. The van der Waals surface area contributed by atoms with Gasteiger partial charge in [-0.05, 0) is 77.1 Å². The molecule has 1 aromatic heterocycles. The fraction of sp³-hybridized carbons (Fsp3) is 0.333. The minimum atomic E-state index is -1.07. The number of ether oxygens (including phenoxy) is 2. The zero-order chi connectivity index (χ0) is 33.1. The number of aromatic hydroxyl groups is 1. The van der Waals surface area contributed by atoms with Crippen molar-refractivity contribution < 1.29 is 34.1 Å². The van der Waals surface area contributed by atoms with Gasteiger partial charge in [-0.15, -0.1) is 11.3 Å². The first-order valence-corrected chi connectivity index (χ1v) is 15.6. The molecule has 236 valence electrons. The quantitative estimate of drug-likeness (QED) is 0.139. The van der Waals surface area contributed by atoms with Gasteiger partial charge in [0.05, 0.1) is 23.4 Å². The zero-order valence-electron chi connectivity index (χ0n) is 26.7. The first-order chi connectivity index (χ1) is 21.1. The Morgan fingerprint density at radius 3 is 1.69 bits per heavy atom. The number of rotatable bonds is 9. The molecule has 0 fully saturated rings. The first-order valence-electron chi connectivity index (χ1n) is 14.8. The van der Waals surface area contributed by atoms with Crippen molar-refractivity contribution >= 4 is 29.2 Å². The second kappa shape index (κ2) is 13.2. The molecular weight excluding hydrogens is 590 g/mol. The van der Waals surface area contributed by atoms with E-state index in [0.29, 0.717) is 22.9 Å². The molecule has 0 saturated heterocycles. The maximum Gasteiger partial charge on any atom is 0.311 e. The molecular formula is C36H39NO7S. The minimum absolute atomic E-state index is 0.222. The van der Waals surface area contributed by atoms with Gasteiger partial charge in [-0.25, -0.2) is 4.98 Å². The van der Waals surface area contributed by atoms with E-state index in [1.165, 1.54) is 11.3 Å². The highest BCUT2D eigenvalue weighted by atomic mass is 32.1. The van der Waals surface area contributed by atoms with Crippen LogP contribution in [0.3, 0.4) is 0 Å². The van der Waals surface area contributed by atoms with Crippen molar-refractivity contribution in [3.63, 3.8) is 0 Å². The Morgan fingerprint density at radius 1 is 0.733 bits per heavy atom. The molecule has 0 unspecified atom stereocenters. The molecule has 0 amide bonds. The van der Waals surface area contributed by atoms with E-state index < -0.39 is 11.9 Å². The summed E-state index contributed by atoms with van der Waals surface area (Å²) < 4.78 is 10.7. The number of benzene rings is 3. The van der Waals surface area contributed by atoms with E-state index in [-0.39, 0.29) is 36.1 Å². The number of carboxylic acid groups (broad SMARTS) is 1. The average Bonchev–Trinajstić information content (AvgIpc) is 3.41. The number of carbonyl (C=O) groups excluding carboxylic acids is 2. The summed E-state index contributed by atoms with van der Waals surface area (Å²) in [6, 6.07) is 18.2. The highest BCUT2D eigenvalue weighted by Gasteiger charge is 2.28. The number of aliphatic carboxylic acids is 1. The van der Waals surface area contributed by atoms with E-state index in [0.717, 1.165) is 37.7 Å². The second-order valence-corrected chi connectivity index (χ2v) is 13.9. The van der Waals surface area contributed by atoms with E-state index >= 15 is 0 Å². The van der Waals surface area contributed by atoms with Gasteiger partial charge in [0.15, 0.2) is 0 Å². The Bertz CT molecular complexity index is 1670. The van der Waals surface area contributed by atoms with Crippen LogP contribution in [0, 0.1) is 0 Å². The normalized spacial score (nSPS) is 11.7. The molecule has 9 heteroatoms. The molecule has 0 saturated carbocycles. The Labute approximate surface area is 267 Å². The minimum Gasteiger partial charge on any atom is -0.507 e. The van der Waals surface area contributed by atoms with Gasteiger partial charge in [-0.2, -0.15) is 0 Å². The molecule has 4 rings (SSSR count). The van der Waals surface area contributed by atoms with Crippen molar-refractivity contribution in [1.82, 2.24) is 4.98 Å². The summed E-state index contributed by atoms with van der Waals surface area (Å²) in [6.45, 7) is 14.2. The van der Waals surface area contributed by atoms with Gasteiger partial charge in [0.25, 0.3) is 0 Å². The molecule has 0 aliphatic rings. The summed E-state index contributed by atoms with van der Waals surface area (Å²) in [5.41, 5.74) is 4.29. The molecule has 0 bridgehead atoms. The summed E-state index contributed by atoms with van der Waals surface area (Å²) in [5, 5.41) is 20.9. The van der Waals surface area contributed by atoms with Crippen LogP contribution in [0.4, 0.5) is 0 Å². The smallest absolute Gasteiger partial charge is 0.311 e. The summed E-state index contributed by atoms with van der Waals surface area (Å²) in [6.07, 6.45) is -0.252. The van der Waals surface area contributed by atoms with Crippen LogP contribution in [0.2, 0.25) is 0 Å². The SMILES string of the molecule is CCC(=O)Oc1ccc(-c2sc(-c3cc(C(C)(C)C)c(O)c(C(C)(C)C)c3)nc2-c2ccc(OC(=O)CCC(=O)O)cc2)cc1. The van der Waals surface area contributed by atoms with Crippen molar-refractivity contribution in [2.75, 3.05) is 0 Å². The Hall–Kier alpha value is -4.50. The van der Waals surface area contributed by atoms with Gasteiger partial charge in [0.1, 0.15) is 22.3 Å². The topological polar surface area (TPSA) is 123 Å². The monoisotopic (exact) mass is 629 g/mol. The number of carbonyl (C=O) groups is 3. The molecule has 8 nitrogen and oxygen atoms in total. The fourth-order valence-electron chi connectivity index (χ4n) is 4.69. The molecule has 2 N–H and O–H groups in total. The number of hydrogen-bond acceptors (Lipinski definition) is 8. The van der Waals surface area contributed by atoms with Crippen LogP contribution in [-0.4, -0.2) is 33.1 Å². The lowest BCUT2D eigenvalue weighted by atomic mass is 9.78. The number of hydrogen-bond donors (Lipinski definition) is 2. The number of nitrogens with zero attached hydrogens (tertiary/aromatic N) is 1. The van der Waals surface area contributed by atoms with Gasteiger partial charge < -0.3 is 19.7 Å². The van der Waals surface area contributed by atoms with Crippen LogP contribution in [0.5, 0.6) is 17.2 Å². The first kappa shape index (κ1) is 33.4. The maximum absolute atomic E-state index is 12.1. The van der Waals surface area contributed by atoms with Gasteiger partial charge in [-0.3, -0.25) is 14.4 Å². The molecule has 3 aromatic carbocycles. The van der Waals surface area contributed by atoms with Gasteiger partial charge in [-0.1, -0.05) is 48.5 Å². The van der Waals surface area contributed by atoms with Gasteiger partial charge in [0.2, 0.25) is 0 Å². The van der Waals surface area contributed by atoms with E-state index in [4.69, 9.17) is 19.6 Å². The van der Waals surface area contributed by atoms with E-state index in [1.54, 1.807) is 43.3 Å². The molecule has 0 spiro atoms. The highest BCUT2D eigenvalue weighted by molar-refractivity contribution is 7.19. The summed E-state index contributed by atoms with van der Waals surface area (Å²) >= 11 is 1.51. The third-order valence-corrected chi connectivity index (χ3v) is 8.29. The zero-order valence-corrected chi connectivity index (χ0v) is 27.5. The fourth-order valence-corrected chi connectivity index (χ4v) is 5.77. The van der Waals surface area contributed by atoms with Crippen LogP contribution in [-0.2, 0) is 25.2 Å². The predicted octanol–water partition coefficient (Wildman–Crippen LogP) is 8.53. The van der Waals surface area contributed by atoms with Crippen molar-refractivity contribution in [2.24, 2.45) is 0 Å². The Morgan fingerprint density at radius 2 is 1.22 bits per heavy atom. The van der Waals surface area contributed by atoms with Crippen LogP contribution in [0.15, 0.2) is 60.7 Å².